The summed E-state index contributed by atoms with van der Waals surface area (Å²) in [5, 5.41) is 2.38. The number of halogens is 3. The molecular formula is C12H9BrF2N2OS. The van der Waals surface area contributed by atoms with Gasteiger partial charge in [-0.2, -0.15) is 0 Å². The molecule has 7 heteroatoms. The number of carbonyl (C=O) groups is 1. The van der Waals surface area contributed by atoms with E-state index in [-0.39, 0.29) is 10.2 Å². The molecule has 3 nitrogen and oxygen atoms in total. The number of rotatable bonds is 2. The maximum atomic E-state index is 13.5. The van der Waals surface area contributed by atoms with Crippen LogP contribution in [0.4, 0.5) is 20.2 Å². The number of nitrogen functional groups attached to an aromatic ring is 1. The van der Waals surface area contributed by atoms with Crippen molar-refractivity contribution in [2.24, 2.45) is 0 Å². The van der Waals surface area contributed by atoms with Crippen molar-refractivity contribution in [1.82, 2.24) is 0 Å². The number of amides is 1. The molecule has 1 aromatic heterocycles. The Morgan fingerprint density at radius 2 is 2.00 bits per heavy atom. The van der Waals surface area contributed by atoms with E-state index in [2.05, 4.69) is 21.2 Å². The summed E-state index contributed by atoms with van der Waals surface area (Å²) in [4.78, 5) is 13.1. The van der Waals surface area contributed by atoms with Gasteiger partial charge in [0.05, 0.1) is 15.0 Å². The number of aryl methyl sites for hydroxylation is 1. The highest BCUT2D eigenvalue weighted by Gasteiger charge is 2.15. The van der Waals surface area contributed by atoms with E-state index in [1.54, 1.807) is 6.92 Å². The van der Waals surface area contributed by atoms with Crippen molar-refractivity contribution in [2.75, 3.05) is 11.1 Å². The van der Waals surface area contributed by atoms with E-state index in [1.807, 2.05) is 0 Å². The molecule has 0 unspecified atom stereocenters. The summed E-state index contributed by atoms with van der Waals surface area (Å²) >= 11 is 4.14. The number of nitrogens with two attached hydrogens (primary N) is 1. The molecule has 100 valence electrons. The zero-order valence-electron chi connectivity index (χ0n) is 9.76. The van der Waals surface area contributed by atoms with E-state index < -0.39 is 17.5 Å². The Balaban J connectivity index is 2.26. The average Bonchev–Trinajstić information content (AvgIpc) is 2.67. The summed E-state index contributed by atoms with van der Waals surface area (Å²) in [7, 11) is 0. The van der Waals surface area contributed by atoms with Gasteiger partial charge in [-0.25, -0.2) is 8.78 Å². The minimum absolute atomic E-state index is 0.0751. The fourth-order valence-corrected chi connectivity index (χ4v) is 2.59. The highest BCUT2D eigenvalue weighted by Crippen LogP contribution is 2.27. The van der Waals surface area contributed by atoms with Crippen LogP contribution >= 0.6 is 27.3 Å². The topological polar surface area (TPSA) is 55.1 Å². The van der Waals surface area contributed by atoms with Crippen LogP contribution < -0.4 is 11.1 Å². The van der Waals surface area contributed by atoms with Gasteiger partial charge in [0.1, 0.15) is 11.6 Å². The number of hydrogen-bond acceptors (Lipinski definition) is 3. The van der Waals surface area contributed by atoms with Crippen LogP contribution in [-0.4, -0.2) is 5.91 Å². The molecule has 0 radical (unpaired) electrons. The zero-order chi connectivity index (χ0) is 14.2. The molecule has 3 N–H and O–H groups in total. The van der Waals surface area contributed by atoms with Crippen LogP contribution in [0.3, 0.4) is 0 Å². The number of hydrogen-bond donors (Lipinski definition) is 2. The maximum absolute atomic E-state index is 13.5. The minimum atomic E-state index is -0.838. The number of nitrogens with one attached hydrogen (secondary N) is 1. The molecule has 0 saturated heterocycles. The van der Waals surface area contributed by atoms with Crippen LogP contribution in [0.15, 0.2) is 22.7 Å². The largest absolute Gasteiger partial charge is 0.398 e. The quantitative estimate of drug-likeness (QED) is 0.809. The van der Waals surface area contributed by atoms with Crippen molar-refractivity contribution in [1.29, 1.82) is 0 Å². The van der Waals surface area contributed by atoms with Gasteiger partial charge in [0.15, 0.2) is 0 Å². The van der Waals surface area contributed by atoms with Gasteiger partial charge in [0.2, 0.25) is 0 Å². The lowest BCUT2D eigenvalue weighted by atomic mass is 10.3. The van der Waals surface area contributed by atoms with Crippen LogP contribution in [-0.2, 0) is 0 Å². The van der Waals surface area contributed by atoms with Gasteiger partial charge in [0, 0.05) is 16.6 Å². The third-order valence-corrected chi connectivity index (χ3v) is 4.11. The number of thiophene rings is 1. The van der Waals surface area contributed by atoms with Crippen LogP contribution in [0.2, 0.25) is 0 Å². The lowest BCUT2D eigenvalue weighted by Crippen LogP contribution is -2.11. The number of anilines is 2. The monoisotopic (exact) mass is 346 g/mol. The third-order valence-electron chi connectivity index (χ3n) is 2.44. The van der Waals surface area contributed by atoms with Crippen LogP contribution in [0.1, 0.15) is 14.5 Å². The first kappa shape index (κ1) is 14.0. The normalized spacial score (nSPS) is 10.5. The lowest BCUT2D eigenvalue weighted by Gasteiger charge is -2.06. The summed E-state index contributed by atoms with van der Waals surface area (Å²) in [5.74, 6) is -2.05. The van der Waals surface area contributed by atoms with Gasteiger partial charge in [-0.05, 0) is 35.0 Å². The Bertz CT molecular complexity index is 638. The second kappa shape index (κ2) is 5.26. The van der Waals surface area contributed by atoms with Crippen molar-refractivity contribution in [3.63, 3.8) is 0 Å². The summed E-state index contributed by atoms with van der Waals surface area (Å²) in [6.45, 7) is 1.78. The van der Waals surface area contributed by atoms with E-state index >= 15 is 0 Å². The van der Waals surface area contributed by atoms with E-state index in [1.165, 1.54) is 23.5 Å². The van der Waals surface area contributed by atoms with E-state index in [0.717, 1.165) is 4.88 Å². The van der Waals surface area contributed by atoms with Gasteiger partial charge >= 0.3 is 0 Å². The van der Waals surface area contributed by atoms with Gasteiger partial charge in [0.25, 0.3) is 5.91 Å². The van der Waals surface area contributed by atoms with Crippen molar-refractivity contribution < 1.29 is 13.6 Å². The van der Waals surface area contributed by atoms with Crippen LogP contribution in [0.25, 0.3) is 0 Å². The Morgan fingerprint density at radius 1 is 1.32 bits per heavy atom. The minimum Gasteiger partial charge on any atom is -0.398 e. The van der Waals surface area contributed by atoms with Crippen molar-refractivity contribution in [3.05, 3.63) is 44.1 Å². The van der Waals surface area contributed by atoms with E-state index in [4.69, 9.17) is 5.73 Å². The smallest absolute Gasteiger partial charge is 0.265 e. The average molecular weight is 347 g/mol. The number of benzene rings is 1. The van der Waals surface area contributed by atoms with Crippen LogP contribution in [0.5, 0.6) is 0 Å². The Morgan fingerprint density at radius 3 is 2.58 bits per heavy atom. The molecule has 1 amide bonds. The number of carbonyl (C=O) groups excluding carboxylic acids is 1. The summed E-state index contributed by atoms with van der Waals surface area (Å²) in [5.41, 5.74) is 6.06. The predicted molar refractivity (Wildman–Crippen MR) is 75.5 cm³/mol. The molecule has 0 aliphatic rings. The van der Waals surface area contributed by atoms with Gasteiger partial charge in [-0.3, -0.25) is 4.79 Å². The van der Waals surface area contributed by atoms with E-state index in [9.17, 15) is 13.6 Å². The van der Waals surface area contributed by atoms with Crippen molar-refractivity contribution >= 4 is 44.5 Å². The van der Waals surface area contributed by atoms with Crippen molar-refractivity contribution in [2.45, 2.75) is 6.92 Å². The first-order valence-electron chi connectivity index (χ1n) is 5.20. The standard InChI is InChI=1S/C12H9BrF2N2OS/c1-5-9(16)4-11(19-5)12(18)17-10-2-6(13)7(14)3-8(10)15/h2-4H,16H2,1H3,(H,17,18). The fourth-order valence-electron chi connectivity index (χ4n) is 1.41. The highest BCUT2D eigenvalue weighted by molar-refractivity contribution is 9.10. The van der Waals surface area contributed by atoms with Gasteiger partial charge < -0.3 is 11.1 Å². The second-order valence-corrected chi connectivity index (χ2v) is 5.93. The fraction of sp³-hybridized carbons (Fsp3) is 0.0833. The summed E-state index contributed by atoms with van der Waals surface area (Å²) in [6, 6.07) is 3.39. The summed E-state index contributed by atoms with van der Waals surface area (Å²) < 4.78 is 26.6. The molecule has 1 heterocycles. The molecule has 0 spiro atoms. The maximum Gasteiger partial charge on any atom is 0.265 e. The molecule has 2 rings (SSSR count). The Labute approximate surface area is 120 Å². The Hall–Kier alpha value is -1.47. The van der Waals surface area contributed by atoms with Gasteiger partial charge in [-0.15, -0.1) is 11.3 Å². The molecule has 0 aliphatic heterocycles. The van der Waals surface area contributed by atoms with Gasteiger partial charge in [-0.1, -0.05) is 0 Å². The molecule has 2 aromatic rings. The second-order valence-electron chi connectivity index (χ2n) is 3.82. The van der Waals surface area contributed by atoms with E-state index in [0.29, 0.717) is 16.6 Å². The predicted octanol–water partition coefficient (Wildman–Crippen LogP) is 3.93. The first-order chi connectivity index (χ1) is 8.88. The molecule has 19 heavy (non-hydrogen) atoms. The molecular weight excluding hydrogens is 338 g/mol. The third kappa shape index (κ3) is 2.93. The zero-order valence-corrected chi connectivity index (χ0v) is 12.2. The molecule has 0 fully saturated rings. The molecule has 0 bridgehead atoms. The molecule has 0 saturated carbocycles. The van der Waals surface area contributed by atoms with Crippen LogP contribution in [0, 0.1) is 18.6 Å². The van der Waals surface area contributed by atoms with Crippen molar-refractivity contribution in [3.8, 4) is 0 Å². The SMILES string of the molecule is Cc1sc(C(=O)Nc2cc(Br)c(F)cc2F)cc1N. The summed E-state index contributed by atoms with van der Waals surface area (Å²) in [6.07, 6.45) is 0. The molecule has 0 atom stereocenters. The molecule has 0 aliphatic carbocycles. The molecule has 1 aromatic carbocycles. The highest BCUT2D eigenvalue weighted by atomic mass is 79.9. The lowest BCUT2D eigenvalue weighted by molar-refractivity contribution is 0.103. The first-order valence-corrected chi connectivity index (χ1v) is 6.81. The Kier molecular flexibility index (Phi) is 3.86.